The van der Waals surface area contributed by atoms with Crippen molar-refractivity contribution < 1.29 is 4.42 Å². The molecule has 0 bridgehead atoms. The molecule has 1 saturated heterocycles. The van der Waals surface area contributed by atoms with Gasteiger partial charge in [0.15, 0.2) is 4.67 Å². The van der Waals surface area contributed by atoms with E-state index in [2.05, 4.69) is 50.4 Å². The van der Waals surface area contributed by atoms with Crippen LogP contribution in [0.1, 0.15) is 36.1 Å². The highest BCUT2D eigenvalue weighted by molar-refractivity contribution is 9.10. The van der Waals surface area contributed by atoms with Crippen LogP contribution in [-0.2, 0) is 19.6 Å². The van der Waals surface area contributed by atoms with E-state index in [-0.39, 0.29) is 0 Å². The van der Waals surface area contributed by atoms with Crippen LogP contribution in [0.5, 0.6) is 0 Å². The fourth-order valence-electron chi connectivity index (χ4n) is 2.92. The highest BCUT2D eigenvalue weighted by atomic mass is 79.9. The Bertz CT molecular complexity index is 573. The molecule has 3 nitrogen and oxygen atoms in total. The molecule has 0 atom stereocenters. The van der Waals surface area contributed by atoms with Gasteiger partial charge in [-0.2, -0.15) is 0 Å². The smallest absolute Gasteiger partial charge is 0.169 e. The topological polar surface area (TPSA) is 28.4 Å². The summed E-state index contributed by atoms with van der Waals surface area (Å²) >= 11 is 3.32. The van der Waals surface area contributed by atoms with Gasteiger partial charge in [0.1, 0.15) is 5.76 Å². The molecule has 22 heavy (non-hydrogen) atoms. The van der Waals surface area contributed by atoms with E-state index in [1.54, 1.807) is 0 Å². The Kier molecular flexibility index (Phi) is 5.70. The summed E-state index contributed by atoms with van der Waals surface area (Å²) in [6.45, 7) is 5.21. The highest BCUT2D eigenvalue weighted by Gasteiger charge is 2.10. The van der Waals surface area contributed by atoms with Crippen LogP contribution in [0, 0.1) is 0 Å². The SMILES string of the molecule is Brc1ccc(CNCc2ccc(CN3CCCCC3)cc2)o1. The lowest BCUT2D eigenvalue weighted by molar-refractivity contribution is 0.221. The summed E-state index contributed by atoms with van der Waals surface area (Å²) < 4.78 is 6.26. The van der Waals surface area contributed by atoms with Crippen LogP contribution in [0.15, 0.2) is 45.5 Å². The third kappa shape index (κ3) is 4.70. The summed E-state index contributed by atoms with van der Waals surface area (Å²) in [6, 6.07) is 12.9. The second-order valence-electron chi connectivity index (χ2n) is 5.96. The van der Waals surface area contributed by atoms with Gasteiger partial charge in [-0.3, -0.25) is 4.90 Å². The van der Waals surface area contributed by atoms with Gasteiger partial charge in [0.2, 0.25) is 0 Å². The fraction of sp³-hybridized carbons (Fsp3) is 0.444. The lowest BCUT2D eigenvalue weighted by Crippen LogP contribution is -2.29. The first-order valence-corrected chi connectivity index (χ1v) is 8.84. The van der Waals surface area contributed by atoms with Gasteiger partial charge < -0.3 is 9.73 Å². The van der Waals surface area contributed by atoms with Crippen molar-refractivity contribution in [2.45, 2.75) is 38.9 Å². The number of furan rings is 1. The van der Waals surface area contributed by atoms with E-state index < -0.39 is 0 Å². The molecule has 0 saturated carbocycles. The van der Waals surface area contributed by atoms with Crippen molar-refractivity contribution in [3.63, 3.8) is 0 Å². The van der Waals surface area contributed by atoms with Crippen molar-refractivity contribution in [3.05, 3.63) is 58.0 Å². The molecule has 0 radical (unpaired) electrons. The normalized spacial score (nSPS) is 16.0. The van der Waals surface area contributed by atoms with Gasteiger partial charge in [-0.25, -0.2) is 0 Å². The van der Waals surface area contributed by atoms with Crippen molar-refractivity contribution in [2.75, 3.05) is 13.1 Å². The number of piperidine rings is 1. The number of rotatable bonds is 6. The minimum absolute atomic E-state index is 0.751. The number of benzene rings is 1. The van der Waals surface area contributed by atoms with E-state index in [0.717, 1.165) is 30.1 Å². The van der Waals surface area contributed by atoms with Crippen LogP contribution in [0.25, 0.3) is 0 Å². The molecular formula is C18H23BrN2O. The zero-order valence-electron chi connectivity index (χ0n) is 12.9. The second kappa shape index (κ2) is 7.95. The third-order valence-corrected chi connectivity index (χ3v) is 4.56. The van der Waals surface area contributed by atoms with Crippen LogP contribution >= 0.6 is 15.9 Å². The molecule has 1 aliphatic rings. The number of halogens is 1. The average molecular weight is 363 g/mol. The Morgan fingerprint density at radius 3 is 2.32 bits per heavy atom. The molecular weight excluding hydrogens is 340 g/mol. The maximum Gasteiger partial charge on any atom is 0.169 e. The predicted octanol–water partition coefficient (Wildman–Crippen LogP) is 4.32. The van der Waals surface area contributed by atoms with Gasteiger partial charge in [0.05, 0.1) is 6.54 Å². The number of nitrogens with zero attached hydrogens (tertiary/aromatic N) is 1. The Labute approximate surface area is 140 Å². The molecule has 1 N–H and O–H groups in total. The quantitative estimate of drug-likeness (QED) is 0.829. The van der Waals surface area contributed by atoms with Crippen molar-refractivity contribution in [3.8, 4) is 0 Å². The van der Waals surface area contributed by atoms with Crippen LogP contribution in [0.2, 0.25) is 0 Å². The third-order valence-electron chi connectivity index (χ3n) is 4.14. The average Bonchev–Trinajstić information content (AvgIpc) is 2.96. The molecule has 0 spiro atoms. The highest BCUT2D eigenvalue weighted by Crippen LogP contribution is 2.15. The minimum atomic E-state index is 0.751. The summed E-state index contributed by atoms with van der Waals surface area (Å²) in [7, 11) is 0. The molecule has 2 aromatic rings. The lowest BCUT2D eigenvalue weighted by Gasteiger charge is -2.26. The molecule has 0 unspecified atom stereocenters. The van der Waals surface area contributed by atoms with E-state index >= 15 is 0 Å². The second-order valence-corrected chi connectivity index (χ2v) is 6.74. The monoisotopic (exact) mass is 362 g/mol. The Morgan fingerprint density at radius 1 is 0.909 bits per heavy atom. The summed E-state index contributed by atoms with van der Waals surface area (Å²) in [5.74, 6) is 0.952. The maximum atomic E-state index is 5.47. The Balaban J connectivity index is 1.44. The van der Waals surface area contributed by atoms with Crippen LogP contribution in [-0.4, -0.2) is 18.0 Å². The van der Waals surface area contributed by atoms with Gasteiger partial charge in [0, 0.05) is 13.1 Å². The minimum Gasteiger partial charge on any atom is -0.453 e. The predicted molar refractivity (Wildman–Crippen MR) is 92.5 cm³/mol. The molecule has 0 aliphatic carbocycles. The first-order valence-electron chi connectivity index (χ1n) is 8.05. The summed E-state index contributed by atoms with van der Waals surface area (Å²) in [6.07, 6.45) is 4.10. The number of hydrogen-bond donors (Lipinski definition) is 1. The van der Waals surface area contributed by atoms with Crippen molar-refractivity contribution in [2.24, 2.45) is 0 Å². The summed E-state index contributed by atoms with van der Waals surface area (Å²) in [5.41, 5.74) is 2.73. The lowest BCUT2D eigenvalue weighted by atomic mass is 10.1. The molecule has 1 aliphatic heterocycles. The van der Waals surface area contributed by atoms with Gasteiger partial charge in [-0.05, 0) is 65.1 Å². The van der Waals surface area contributed by atoms with E-state index in [1.807, 2.05) is 12.1 Å². The first kappa shape index (κ1) is 15.8. The van der Waals surface area contributed by atoms with Gasteiger partial charge in [0.25, 0.3) is 0 Å². The Morgan fingerprint density at radius 2 is 1.64 bits per heavy atom. The maximum absolute atomic E-state index is 5.47. The molecule has 0 amide bonds. The standard InChI is InChI=1S/C18H23BrN2O/c19-18-9-8-17(22-18)13-20-12-15-4-6-16(7-5-15)14-21-10-2-1-3-11-21/h4-9,20H,1-3,10-14H2. The number of likely N-dealkylation sites (tertiary alicyclic amines) is 1. The van der Waals surface area contributed by atoms with Gasteiger partial charge in [-0.1, -0.05) is 30.7 Å². The van der Waals surface area contributed by atoms with Crippen LogP contribution in [0.3, 0.4) is 0 Å². The zero-order valence-corrected chi connectivity index (χ0v) is 14.4. The fourth-order valence-corrected chi connectivity index (χ4v) is 3.26. The molecule has 118 valence electrons. The van der Waals surface area contributed by atoms with Crippen molar-refractivity contribution >= 4 is 15.9 Å². The van der Waals surface area contributed by atoms with Gasteiger partial charge >= 0.3 is 0 Å². The number of hydrogen-bond acceptors (Lipinski definition) is 3. The van der Waals surface area contributed by atoms with Crippen molar-refractivity contribution in [1.29, 1.82) is 0 Å². The molecule has 2 heterocycles. The zero-order chi connectivity index (χ0) is 15.2. The molecule has 4 heteroatoms. The first-order chi connectivity index (χ1) is 10.8. The van der Waals surface area contributed by atoms with E-state index in [1.165, 1.54) is 43.5 Å². The van der Waals surface area contributed by atoms with Gasteiger partial charge in [-0.15, -0.1) is 0 Å². The van der Waals surface area contributed by atoms with Crippen LogP contribution in [0.4, 0.5) is 0 Å². The number of nitrogens with one attached hydrogen (secondary N) is 1. The molecule has 1 aromatic carbocycles. The molecule has 1 aromatic heterocycles. The van der Waals surface area contributed by atoms with E-state index in [9.17, 15) is 0 Å². The molecule has 3 rings (SSSR count). The summed E-state index contributed by atoms with van der Waals surface area (Å²) in [4.78, 5) is 2.56. The van der Waals surface area contributed by atoms with Crippen LogP contribution < -0.4 is 5.32 Å². The van der Waals surface area contributed by atoms with E-state index in [0.29, 0.717) is 0 Å². The Hall–Kier alpha value is -1.10. The van der Waals surface area contributed by atoms with E-state index in [4.69, 9.17) is 4.42 Å². The largest absolute Gasteiger partial charge is 0.453 e. The van der Waals surface area contributed by atoms with Crippen molar-refractivity contribution in [1.82, 2.24) is 10.2 Å². The summed E-state index contributed by atoms with van der Waals surface area (Å²) in [5, 5.41) is 3.41. The molecule has 1 fully saturated rings.